The Hall–Kier alpha value is -1.08. The van der Waals surface area contributed by atoms with Crippen molar-refractivity contribution in [3.05, 3.63) is 28.2 Å². The summed E-state index contributed by atoms with van der Waals surface area (Å²) < 4.78 is 23.6. The Morgan fingerprint density at radius 3 is 2.79 bits per heavy atom. The summed E-state index contributed by atoms with van der Waals surface area (Å²) in [5.74, 6) is -0.164. The van der Waals surface area contributed by atoms with Crippen molar-refractivity contribution < 1.29 is 13.2 Å². The van der Waals surface area contributed by atoms with Crippen LogP contribution in [0.2, 0.25) is 0 Å². The van der Waals surface area contributed by atoms with Crippen LogP contribution in [0.1, 0.15) is 17.3 Å². The van der Waals surface area contributed by atoms with Gasteiger partial charge in [0.1, 0.15) is 0 Å². The van der Waals surface area contributed by atoms with Crippen LogP contribution in [0, 0.1) is 0 Å². The van der Waals surface area contributed by atoms with Crippen LogP contribution in [0.5, 0.6) is 0 Å². The van der Waals surface area contributed by atoms with Gasteiger partial charge in [-0.1, -0.05) is 6.07 Å². The first-order valence-corrected chi connectivity index (χ1v) is 8.48. The lowest BCUT2D eigenvalue weighted by atomic mass is 10.1. The number of nitrogen functional groups attached to an aromatic ring is 1. The first-order valence-electron chi connectivity index (χ1n) is 5.87. The highest BCUT2D eigenvalue weighted by Crippen LogP contribution is 2.26. The van der Waals surface area contributed by atoms with E-state index in [1.54, 1.807) is 30.0 Å². The number of sulfone groups is 1. The molecule has 0 aliphatic carbocycles. The molecular formula is C12H15BrN2O3S. The van der Waals surface area contributed by atoms with E-state index in [1.165, 1.54) is 0 Å². The number of hydrogen-bond acceptors (Lipinski definition) is 4. The Balaban J connectivity index is 2.28. The molecule has 2 N–H and O–H groups in total. The monoisotopic (exact) mass is 346 g/mol. The molecule has 1 amide bonds. The third-order valence-electron chi connectivity index (χ3n) is 3.19. The average molecular weight is 347 g/mol. The standard InChI is InChI=1S/C12H15BrN2O3S/c1-8-7-19(17,18)6-5-15(8)12(16)9-3-2-4-10(14)11(9)13/h2-4,8H,5-7,14H2,1H3. The smallest absolute Gasteiger partial charge is 0.255 e. The summed E-state index contributed by atoms with van der Waals surface area (Å²) >= 11 is 3.30. The van der Waals surface area contributed by atoms with Gasteiger partial charge in [-0.2, -0.15) is 0 Å². The highest BCUT2D eigenvalue weighted by molar-refractivity contribution is 9.10. The SMILES string of the molecule is CC1CS(=O)(=O)CCN1C(=O)c1cccc(N)c1Br. The molecule has 1 heterocycles. The molecule has 1 unspecified atom stereocenters. The lowest BCUT2D eigenvalue weighted by Gasteiger charge is -2.33. The van der Waals surface area contributed by atoms with Gasteiger partial charge in [0.2, 0.25) is 0 Å². The number of hydrogen-bond donors (Lipinski definition) is 1. The van der Waals surface area contributed by atoms with E-state index in [9.17, 15) is 13.2 Å². The molecular weight excluding hydrogens is 332 g/mol. The number of carbonyl (C=O) groups is 1. The minimum absolute atomic E-state index is 0.0126. The van der Waals surface area contributed by atoms with Crippen molar-refractivity contribution in [2.75, 3.05) is 23.8 Å². The summed E-state index contributed by atoms with van der Waals surface area (Å²) in [7, 11) is -3.03. The minimum atomic E-state index is -3.03. The zero-order valence-corrected chi connectivity index (χ0v) is 12.9. The average Bonchev–Trinajstić information content (AvgIpc) is 2.31. The van der Waals surface area contributed by atoms with E-state index in [1.807, 2.05) is 0 Å². The van der Waals surface area contributed by atoms with Crippen LogP contribution >= 0.6 is 15.9 Å². The Kier molecular flexibility index (Phi) is 3.87. The number of carbonyl (C=O) groups excluding carboxylic acids is 1. The third kappa shape index (κ3) is 2.92. The van der Waals surface area contributed by atoms with Gasteiger partial charge in [0.25, 0.3) is 5.91 Å². The van der Waals surface area contributed by atoms with Gasteiger partial charge in [0, 0.05) is 18.3 Å². The summed E-state index contributed by atoms with van der Waals surface area (Å²) in [4.78, 5) is 14.0. The van der Waals surface area contributed by atoms with E-state index in [0.29, 0.717) is 15.7 Å². The van der Waals surface area contributed by atoms with Crippen molar-refractivity contribution in [2.45, 2.75) is 13.0 Å². The maximum absolute atomic E-state index is 12.4. The van der Waals surface area contributed by atoms with Crippen molar-refractivity contribution in [1.29, 1.82) is 0 Å². The van der Waals surface area contributed by atoms with E-state index in [0.717, 1.165) is 0 Å². The molecule has 0 bridgehead atoms. The van der Waals surface area contributed by atoms with Gasteiger partial charge < -0.3 is 10.6 Å². The van der Waals surface area contributed by atoms with Crippen LogP contribution < -0.4 is 5.73 Å². The van der Waals surface area contributed by atoms with Crippen LogP contribution in [0.15, 0.2) is 22.7 Å². The molecule has 0 aromatic heterocycles. The minimum Gasteiger partial charge on any atom is -0.398 e. The molecule has 1 saturated heterocycles. The zero-order valence-electron chi connectivity index (χ0n) is 10.5. The van der Waals surface area contributed by atoms with Crippen LogP contribution in [0.3, 0.4) is 0 Å². The van der Waals surface area contributed by atoms with Crippen molar-refractivity contribution >= 4 is 37.4 Å². The van der Waals surface area contributed by atoms with Crippen molar-refractivity contribution in [3.8, 4) is 0 Å². The van der Waals surface area contributed by atoms with Crippen LogP contribution in [-0.2, 0) is 9.84 Å². The summed E-state index contributed by atoms with van der Waals surface area (Å²) in [5, 5.41) is 0. The number of benzene rings is 1. The molecule has 0 radical (unpaired) electrons. The molecule has 0 spiro atoms. The first kappa shape index (κ1) is 14.3. The molecule has 1 aliphatic heterocycles. The fraction of sp³-hybridized carbons (Fsp3) is 0.417. The molecule has 1 aromatic carbocycles. The molecule has 0 saturated carbocycles. The molecule has 1 atom stereocenters. The van der Waals surface area contributed by atoms with E-state index >= 15 is 0 Å². The van der Waals surface area contributed by atoms with Gasteiger partial charge in [0.05, 0.1) is 21.5 Å². The summed E-state index contributed by atoms with van der Waals surface area (Å²) in [5.41, 5.74) is 6.71. The summed E-state index contributed by atoms with van der Waals surface area (Å²) in [6.07, 6.45) is 0. The highest BCUT2D eigenvalue weighted by Gasteiger charge is 2.32. The number of rotatable bonds is 1. The molecule has 1 aliphatic rings. The van der Waals surface area contributed by atoms with Gasteiger partial charge in [-0.25, -0.2) is 8.42 Å². The molecule has 104 valence electrons. The van der Waals surface area contributed by atoms with E-state index < -0.39 is 9.84 Å². The fourth-order valence-corrected chi connectivity index (χ4v) is 4.16. The highest BCUT2D eigenvalue weighted by atomic mass is 79.9. The molecule has 5 nitrogen and oxygen atoms in total. The molecule has 7 heteroatoms. The maximum Gasteiger partial charge on any atom is 0.255 e. The number of amides is 1. The maximum atomic E-state index is 12.4. The van der Waals surface area contributed by atoms with Crippen molar-refractivity contribution in [3.63, 3.8) is 0 Å². The van der Waals surface area contributed by atoms with Gasteiger partial charge >= 0.3 is 0 Å². The number of nitrogens with two attached hydrogens (primary N) is 1. The van der Waals surface area contributed by atoms with Crippen molar-refractivity contribution in [2.24, 2.45) is 0 Å². The Morgan fingerprint density at radius 2 is 2.16 bits per heavy atom. The third-order valence-corrected chi connectivity index (χ3v) is 5.87. The van der Waals surface area contributed by atoms with E-state index in [2.05, 4.69) is 15.9 Å². The lowest BCUT2D eigenvalue weighted by molar-refractivity contribution is 0.0711. The molecule has 1 aromatic rings. The Morgan fingerprint density at radius 1 is 1.47 bits per heavy atom. The van der Waals surface area contributed by atoms with Gasteiger partial charge in [-0.3, -0.25) is 4.79 Å². The zero-order chi connectivity index (χ0) is 14.2. The van der Waals surface area contributed by atoms with Crippen LogP contribution in [0.25, 0.3) is 0 Å². The second-order valence-corrected chi connectivity index (χ2v) is 7.69. The van der Waals surface area contributed by atoms with Crippen molar-refractivity contribution in [1.82, 2.24) is 4.90 Å². The van der Waals surface area contributed by atoms with E-state index in [4.69, 9.17) is 5.73 Å². The number of halogens is 1. The van der Waals surface area contributed by atoms with E-state index in [-0.39, 0.29) is 30.0 Å². The Bertz CT molecular complexity index is 615. The molecule has 19 heavy (non-hydrogen) atoms. The number of anilines is 1. The molecule has 1 fully saturated rings. The van der Waals surface area contributed by atoms with Gasteiger partial charge in [-0.05, 0) is 35.0 Å². The first-order chi connectivity index (χ1) is 8.82. The predicted molar refractivity (Wildman–Crippen MR) is 77.7 cm³/mol. The van der Waals surface area contributed by atoms with Crippen LogP contribution in [-0.4, -0.2) is 43.3 Å². The quantitative estimate of drug-likeness (QED) is 0.777. The predicted octanol–water partition coefficient (Wildman–Crippen LogP) is 1.29. The van der Waals surface area contributed by atoms with Gasteiger partial charge in [-0.15, -0.1) is 0 Å². The largest absolute Gasteiger partial charge is 0.398 e. The normalized spacial score (nSPS) is 22.2. The fourth-order valence-electron chi connectivity index (χ4n) is 2.17. The second kappa shape index (κ2) is 5.13. The lowest BCUT2D eigenvalue weighted by Crippen LogP contribution is -2.49. The number of nitrogens with zero attached hydrogens (tertiary/aromatic N) is 1. The summed E-state index contributed by atoms with van der Waals surface area (Å²) in [6, 6.07) is 4.77. The van der Waals surface area contributed by atoms with Gasteiger partial charge in [0.15, 0.2) is 9.84 Å². The Labute approximate surface area is 120 Å². The second-order valence-electron chi connectivity index (χ2n) is 4.67. The van der Waals surface area contributed by atoms with Crippen LogP contribution in [0.4, 0.5) is 5.69 Å². The topological polar surface area (TPSA) is 80.5 Å². The summed E-state index contributed by atoms with van der Waals surface area (Å²) in [6.45, 7) is 1.97. The molecule has 2 rings (SSSR count).